The van der Waals surface area contributed by atoms with Crippen LogP contribution in [0.15, 0.2) is 60.9 Å². The number of anilines is 2. The van der Waals surface area contributed by atoms with E-state index in [1.165, 1.54) is 11.3 Å². The lowest BCUT2D eigenvalue weighted by atomic mass is 10.0. The molecule has 15 nitrogen and oxygen atoms in total. The second-order valence-electron chi connectivity index (χ2n) is 11.9. The van der Waals surface area contributed by atoms with E-state index in [1.807, 2.05) is 46.4 Å². The zero-order valence-corrected chi connectivity index (χ0v) is 28.0. The van der Waals surface area contributed by atoms with E-state index in [4.69, 9.17) is 19.4 Å². The predicted molar refractivity (Wildman–Crippen MR) is 187 cm³/mol. The number of ether oxygens (including phenoxy) is 2. The third-order valence-electron chi connectivity index (χ3n) is 8.83. The zero-order valence-electron chi connectivity index (χ0n) is 27.1. The van der Waals surface area contributed by atoms with Crippen molar-refractivity contribution in [3.05, 3.63) is 77.6 Å². The van der Waals surface area contributed by atoms with Gasteiger partial charge in [-0.05, 0) is 48.9 Å². The Bertz CT molecular complexity index is 2460. The van der Waals surface area contributed by atoms with Crippen LogP contribution in [0, 0.1) is 11.3 Å². The molecule has 256 valence electrons. The third kappa shape index (κ3) is 5.58. The number of carbonyl (C=O) groups is 4. The monoisotopic (exact) mass is 703 g/mol. The molecule has 4 amide bonds. The van der Waals surface area contributed by atoms with Gasteiger partial charge in [-0.1, -0.05) is 17.4 Å². The molecule has 1 atom stereocenters. The molecule has 0 saturated carbocycles. The summed E-state index contributed by atoms with van der Waals surface area (Å²) >= 11 is 1.54. The van der Waals surface area contributed by atoms with Crippen LogP contribution in [-0.4, -0.2) is 86.8 Å². The van der Waals surface area contributed by atoms with Crippen molar-refractivity contribution >= 4 is 67.3 Å². The largest absolute Gasteiger partial charge is 0.491 e. The Morgan fingerprint density at radius 2 is 1.92 bits per heavy atom. The molecule has 6 heterocycles. The Hall–Kier alpha value is -6.31. The number of imide groups is 2. The van der Waals surface area contributed by atoms with Gasteiger partial charge in [-0.25, -0.2) is 9.97 Å². The number of pyridine rings is 1. The number of hydrogen-bond donors (Lipinski definition) is 3. The van der Waals surface area contributed by atoms with Crippen LogP contribution in [-0.2, 0) is 14.3 Å². The van der Waals surface area contributed by atoms with Crippen LogP contribution < -0.4 is 20.7 Å². The lowest BCUT2D eigenvalue weighted by molar-refractivity contribution is -0.136. The van der Waals surface area contributed by atoms with Crippen molar-refractivity contribution in [3.63, 3.8) is 0 Å². The Balaban J connectivity index is 0.854. The number of piperidine rings is 1. The lowest BCUT2D eigenvalue weighted by Crippen LogP contribution is -2.54. The first-order chi connectivity index (χ1) is 24.8. The highest BCUT2D eigenvalue weighted by molar-refractivity contribution is 7.23. The molecule has 6 aromatic rings. The van der Waals surface area contributed by atoms with E-state index < -0.39 is 29.7 Å². The molecule has 16 heteroatoms. The molecule has 2 aliphatic rings. The maximum atomic E-state index is 13.3. The Morgan fingerprint density at radius 1 is 1.04 bits per heavy atom. The molecule has 0 bridgehead atoms. The van der Waals surface area contributed by atoms with Crippen molar-refractivity contribution in [2.24, 2.45) is 0 Å². The van der Waals surface area contributed by atoms with Gasteiger partial charge in [-0.2, -0.15) is 5.26 Å². The number of aromatic nitrogens is 4. The summed E-state index contributed by atoms with van der Waals surface area (Å²) in [5.74, 6) is -0.701. The van der Waals surface area contributed by atoms with E-state index in [0.717, 1.165) is 25.9 Å². The minimum atomic E-state index is -1.02. The normalized spacial score (nSPS) is 15.8. The number of benzene rings is 2. The molecule has 0 aliphatic carbocycles. The fraction of sp³-hybridized carbons (Fsp3) is 0.229. The molecule has 4 aromatic heterocycles. The molecule has 0 spiro atoms. The molecule has 2 aromatic carbocycles. The number of rotatable bonds is 11. The van der Waals surface area contributed by atoms with Crippen LogP contribution in [0.3, 0.4) is 0 Å². The highest BCUT2D eigenvalue weighted by Gasteiger charge is 2.45. The number of nitrogens with zero attached hydrogens (tertiary/aromatic N) is 6. The van der Waals surface area contributed by atoms with Gasteiger partial charge in [-0.15, -0.1) is 0 Å². The van der Waals surface area contributed by atoms with E-state index in [-0.39, 0.29) is 24.0 Å². The van der Waals surface area contributed by atoms with Gasteiger partial charge in [0.15, 0.2) is 4.96 Å². The number of nitrogens with one attached hydrogen (secondary N) is 3. The molecule has 8 rings (SSSR count). The minimum absolute atomic E-state index is 0.0606. The molecule has 51 heavy (non-hydrogen) atoms. The molecule has 3 N–H and O–H groups in total. The lowest BCUT2D eigenvalue weighted by Gasteiger charge is -2.27. The third-order valence-corrected chi connectivity index (χ3v) is 9.84. The van der Waals surface area contributed by atoms with Crippen molar-refractivity contribution in [2.75, 3.05) is 44.0 Å². The predicted octanol–water partition coefficient (Wildman–Crippen LogP) is 3.69. The number of nitriles is 1. The van der Waals surface area contributed by atoms with Crippen LogP contribution >= 0.6 is 11.3 Å². The van der Waals surface area contributed by atoms with Crippen molar-refractivity contribution in [3.8, 4) is 23.2 Å². The number of imidazole rings is 2. The smallest absolute Gasteiger partial charge is 0.264 e. The van der Waals surface area contributed by atoms with Gasteiger partial charge in [0, 0.05) is 38.1 Å². The van der Waals surface area contributed by atoms with Crippen LogP contribution in [0.5, 0.6) is 5.75 Å². The SMILES string of the molecule is CNc1c(-c2cn3c(n2)sc2cc(OCCOCCNc4cccc5c4C(=O)N(C4CCC(=O)NC4=O)C5=O)ccc23)nc2cc(C#N)ccn12. The molecule has 1 saturated heterocycles. The average Bonchev–Trinajstić information content (AvgIpc) is 3.87. The second-order valence-corrected chi connectivity index (χ2v) is 12.9. The van der Waals surface area contributed by atoms with E-state index >= 15 is 0 Å². The molecule has 1 fully saturated rings. The number of amides is 4. The van der Waals surface area contributed by atoms with Crippen molar-refractivity contribution in [2.45, 2.75) is 18.9 Å². The second kappa shape index (κ2) is 12.9. The van der Waals surface area contributed by atoms with Gasteiger partial charge in [-0.3, -0.25) is 38.2 Å². The Labute approximate surface area is 293 Å². The van der Waals surface area contributed by atoms with Crippen molar-refractivity contribution in [1.29, 1.82) is 5.26 Å². The minimum Gasteiger partial charge on any atom is -0.491 e. The summed E-state index contributed by atoms with van der Waals surface area (Å²) in [6.07, 6.45) is 3.93. The van der Waals surface area contributed by atoms with Crippen LogP contribution in [0.2, 0.25) is 0 Å². The van der Waals surface area contributed by atoms with E-state index in [0.29, 0.717) is 60.4 Å². The first-order valence-corrected chi connectivity index (χ1v) is 17.0. The fourth-order valence-corrected chi connectivity index (χ4v) is 7.49. The molecule has 0 radical (unpaired) electrons. The fourth-order valence-electron chi connectivity index (χ4n) is 6.46. The summed E-state index contributed by atoms with van der Waals surface area (Å²) in [7, 11) is 1.83. The molecular weight excluding hydrogens is 675 g/mol. The van der Waals surface area contributed by atoms with Gasteiger partial charge in [0.2, 0.25) is 11.8 Å². The van der Waals surface area contributed by atoms with Crippen LogP contribution in [0.1, 0.15) is 39.1 Å². The number of thiazole rings is 1. The number of hydrogen-bond acceptors (Lipinski definition) is 12. The van der Waals surface area contributed by atoms with Gasteiger partial charge < -0.3 is 20.1 Å². The summed E-state index contributed by atoms with van der Waals surface area (Å²) in [6, 6.07) is 15.4. The Morgan fingerprint density at radius 3 is 2.75 bits per heavy atom. The molecule has 2 aliphatic heterocycles. The van der Waals surface area contributed by atoms with Crippen molar-refractivity contribution in [1.82, 2.24) is 29.0 Å². The summed E-state index contributed by atoms with van der Waals surface area (Å²) in [4.78, 5) is 61.6. The van der Waals surface area contributed by atoms with Gasteiger partial charge in [0.1, 0.15) is 41.3 Å². The first-order valence-electron chi connectivity index (χ1n) is 16.2. The zero-order chi connectivity index (χ0) is 35.2. The Kier molecular flexibility index (Phi) is 8.05. The van der Waals surface area contributed by atoms with E-state index in [2.05, 4.69) is 22.0 Å². The topological polar surface area (TPSA) is 184 Å². The first kappa shape index (κ1) is 31.9. The van der Waals surface area contributed by atoms with E-state index in [1.54, 1.807) is 30.3 Å². The highest BCUT2D eigenvalue weighted by Crippen LogP contribution is 2.35. The molecule has 1 unspecified atom stereocenters. The maximum absolute atomic E-state index is 13.3. The van der Waals surface area contributed by atoms with Crippen LogP contribution in [0.25, 0.3) is 32.2 Å². The summed E-state index contributed by atoms with van der Waals surface area (Å²) in [5, 5.41) is 17.8. The summed E-state index contributed by atoms with van der Waals surface area (Å²) in [5.41, 5.74) is 4.47. The standard InChI is InChI=1S/C35H29N9O6S/c1-37-31-30(40-27-15-19(17-36)9-11-42(27)31)23-18-43-24-6-5-20(16-26(24)51-35(43)39-23)50-14-13-49-12-10-38-22-4-2-3-21-29(22)34(48)44(33(21)47)25-7-8-28(45)41-32(25)46/h2-6,9,11,15-16,18,25,37-38H,7-8,10,12-14H2,1H3,(H,41,45,46). The quantitative estimate of drug-likeness (QED) is 0.132. The maximum Gasteiger partial charge on any atom is 0.264 e. The van der Waals surface area contributed by atoms with Crippen molar-refractivity contribution < 1.29 is 28.7 Å². The number of carbonyl (C=O) groups excluding carboxylic acids is 4. The van der Waals surface area contributed by atoms with Crippen LogP contribution in [0.4, 0.5) is 11.5 Å². The van der Waals surface area contributed by atoms with Gasteiger partial charge in [0.05, 0.1) is 46.2 Å². The number of fused-ring (bicyclic) bond motifs is 5. The summed E-state index contributed by atoms with van der Waals surface area (Å²) < 4.78 is 16.6. The molecular formula is C35H29N9O6S. The van der Waals surface area contributed by atoms with E-state index in [9.17, 15) is 24.4 Å². The van der Waals surface area contributed by atoms with Gasteiger partial charge in [0.25, 0.3) is 11.8 Å². The van der Waals surface area contributed by atoms with Gasteiger partial charge >= 0.3 is 0 Å². The summed E-state index contributed by atoms with van der Waals surface area (Å²) in [6.45, 7) is 1.33. The average molecular weight is 704 g/mol. The highest BCUT2D eigenvalue weighted by atomic mass is 32.1.